The van der Waals surface area contributed by atoms with E-state index in [1.807, 2.05) is 30.3 Å². The largest absolute Gasteiger partial charge is 0.294 e. The van der Waals surface area contributed by atoms with Crippen LogP contribution >= 0.6 is 23.2 Å². The molecule has 2 aromatic rings. The van der Waals surface area contributed by atoms with Crippen LogP contribution in [0.4, 0.5) is 5.82 Å². The summed E-state index contributed by atoms with van der Waals surface area (Å²) in [7, 11) is 0. The molecule has 0 saturated carbocycles. The van der Waals surface area contributed by atoms with Gasteiger partial charge in [-0.15, -0.1) is 11.6 Å². The molecule has 0 radical (unpaired) electrons. The lowest BCUT2D eigenvalue weighted by Crippen LogP contribution is -2.24. The highest BCUT2D eigenvalue weighted by Gasteiger charge is 2.30. The highest BCUT2D eigenvalue weighted by molar-refractivity contribution is 6.30. The summed E-state index contributed by atoms with van der Waals surface area (Å²) in [5.41, 5.74) is 1.75. The summed E-state index contributed by atoms with van der Waals surface area (Å²) >= 11 is 11.9. The van der Waals surface area contributed by atoms with E-state index in [-0.39, 0.29) is 11.3 Å². The molecule has 1 fully saturated rings. The van der Waals surface area contributed by atoms with E-state index < -0.39 is 0 Å². The fourth-order valence-electron chi connectivity index (χ4n) is 2.14. The lowest BCUT2D eigenvalue weighted by Gasteiger charge is -2.10. The number of halogens is 2. The highest BCUT2D eigenvalue weighted by Crippen LogP contribution is 2.27. The summed E-state index contributed by atoms with van der Waals surface area (Å²) in [5.74, 6) is 0.604. The maximum Gasteiger partial charge on any atom is 0.229 e. The number of H-pyrrole nitrogens is 1. The number of nitrogens with zero attached hydrogens (tertiary/aromatic N) is 2. The maximum atomic E-state index is 11.8. The number of alkyl halides is 1. The predicted octanol–water partition coefficient (Wildman–Crippen LogP) is 3.07. The molecule has 1 aromatic heterocycles. The molecule has 6 heteroatoms. The van der Waals surface area contributed by atoms with Crippen LogP contribution < -0.4 is 4.90 Å². The normalized spacial score (nSPS) is 19.2. The van der Waals surface area contributed by atoms with Crippen LogP contribution in [0.15, 0.2) is 30.3 Å². The second kappa shape index (κ2) is 4.87. The molecule has 1 aliphatic heterocycles. The van der Waals surface area contributed by atoms with E-state index in [0.29, 0.717) is 23.8 Å². The van der Waals surface area contributed by atoms with Crippen LogP contribution in [0, 0.1) is 0 Å². The van der Waals surface area contributed by atoms with Crippen molar-refractivity contribution < 1.29 is 4.79 Å². The van der Waals surface area contributed by atoms with E-state index >= 15 is 0 Å². The van der Waals surface area contributed by atoms with Crippen molar-refractivity contribution in [2.24, 2.45) is 0 Å². The standard InChI is InChI=1S/C13H11Cl2N3O/c14-9-3-1-2-8(4-9)11-6-12(17-16-11)18-7-10(15)5-13(18)19/h1-4,6,10H,5,7H2,(H,16,17). The van der Waals surface area contributed by atoms with Crippen molar-refractivity contribution in [3.63, 3.8) is 0 Å². The molecular formula is C13H11Cl2N3O. The Morgan fingerprint density at radius 3 is 2.89 bits per heavy atom. The predicted molar refractivity (Wildman–Crippen MR) is 75.6 cm³/mol. The summed E-state index contributed by atoms with van der Waals surface area (Å²) in [5, 5.41) is 7.60. The first kappa shape index (κ1) is 12.5. The van der Waals surface area contributed by atoms with Gasteiger partial charge >= 0.3 is 0 Å². The summed E-state index contributed by atoms with van der Waals surface area (Å²) in [6.45, 7) is 0.500. The zero-order valence-corrected chi connectivity index (χ0v) is 11.4. The first-order valence-corrected chi connectivity index (χ1v) is 6.71. The van der Waals surface area contributed by atoms with Crippen molar-refractivity contribution in [2.45, 2.75) is 11.8 Å². The van der Waals surface area contributed by atoms with Crippen molar-refractivity contribution in [1.29, 1.82) is 0 Å². The number of benzene rings is 1. The third-order valence-corrected chi connectivity index (χ3v) is 3.58. The second-order valence-corrected chi connectivity index (χ2v) is 5.51. The molecular weight excluding hydrogens is 285 g/mol. The van der Waals surface area contributed by atoms with Crippen molar-refractivity contribution in [3.8, 4) is 11.3 Å². The molecule has 1 aromatic carbocycles. The fourth-order valence-corrected chi connectivity index (χ4v) is 2.60. The Morgan fingerprint density at radius 2 is 2.21 bits per heavy atom. The number of aromatic amines is 1. The van der Waals surface area contributed by atoms with E-state index in [4.69, 9.17) is 23.2 Å². The smallest absolute Gasteiger partial charge is 0.229 e. The molecule has 2 heterocycles. The Balaban J connectivity index is 1.90. The van der Waals surface area contributed by atoms with Crippen LogP contribution in [-0.2, 0) is 4.79 Å². The van der Waals surface area contributed by atoms with Gasteiger partial charge in [0, 0.05) is 29.6 Å². The van der Waals surface area contributed by atoms with Gasteiger partial charge in [-0.25, -0.2) is 0 Å². The van der Waals surface area contributed by atoms with Gasteiger partial charge in [-0.2, -0.15) is 5.10 Å². The van der Waals surface area contributed by atoms with Crippen molar-refractivity contribution >= 4 is 34.9 Å². The molecule has 19 heavy (non-hydrogen) atoms. The zero-order valence-electron chi connectivity index (χ0n) is 9.94. The van der Waals surface area contributed by atoms with Gasteiger partial charge in [0.15, 0.2) is 5.82 Å². The summed E-state index contributed by atoms with van der Waals surface area (Å²) in [6.07, 6.45) is 0.362. The van der Waals surface area contributed by atoms with Gasteiger partial charge in [-0.3, -0.25) is 14.8 Å². The van der Waals surface area contributed by atoms with Gasteiger partial charge in [0.25, 0.3) is 0 Å². The van der Waals surface area contributed by atoms with Crippen LogP contribution in [0.1, 0.15) is 6.42 Å². The van der Waals surface area contributed by atoms with Crippen molar-refractivity contribution in [1.82, 2.24) is 10.2 Å². The number of hydrogen-bond acceptors (Lipinski definition) is 2. The van der Waals surface area contributed by atoms with E-state index in [2.05, 4.69) is 10.2 Å². The zero-order chi connectivity index (χ0) is 13.4. The molecule has 3 rings (SSSR count). The molecule has 1 atom stereocenters. The first-order valence-electron chi connectivity index (χ1n) is 5.89. The Bertz CT molecular complexity index is 626. The monoisotopic (exact) mass is 295 g/mol. The quantitative estimate of drug-likeness (QED) is 0.866. The van der Waals surface area contributed by atoms with Crippen LogP contribution in [0.3, 0.4) is 0 Å². The molecule has 4 nitrogen and oxygen atoms in total. The van der Waals surface area contributed by atoms with Gasteiger partial charge < -0.3 is 0 Å². The van der Waals surface area contributed by atoms with E-state index in [0.717, 1.165) is 11.3 Å². The van der Waals surface area contributed by atoms with Gasteiger partial charge in [-0.05, 0) is 12.1 Å². The molecule has 1 saturated heterocycles. The minimum absolute atomic E-state index is 0.00384. The Morgan fingerprint density at radius 1 is 1.37 bits per heavy atom. The minimum atomic E-state index is -0.140. The Kier molecular flexibility index (Phi) is 3.21. The molecule has 0 aliphatic carbocycles. The van der Waals surface area contributed by atoms with Gasteiger partial charge in [0.2, 0.25) is 5.91 Å². The highest BCUT2D eigenvalue weighted by atomic mass is 35.5. The van der Waals surface area contributed by atoms with Crippen LogP contribution in [0.2, 0.25) is 5.02 Å². The molecule has 1 N–H and O–H groups in total. The number of amides is 1. The summed E-state index contributed by atoms with van der Waals surface area (Å²) in [4.78, 5) is 13.4. The fraction of sp³-hybridized carbons (Fsp3) is 0.231. The topological polar surface area (TPSA) is 49.0 Å². The van der Waals surface area contributed by atoms with Crippen molar-refractivity contribution in [2.75, 3.05) is 11.4 Å². The average molecular weight is 296 g/mol. The number of nitrogens with one attached hydrogen (secondary N) is 1. The molecule has 98 valence electrons. The van der Waals surface area contributed by atoms with Crippen LogP contribution in [0.25, 0.3) is 11.3 Å². The second-order valence-electron chi connectivity index (χ2n) is 4.46. The van der Waals surface area contributed by atoms with Crippen LogP contribution in [0.5, 0.6) is 0 Å². The first-order chi connectivity index (χ1) is 9.13. The molecule has 1 amide bonds. The lowest BCUT2D eigenvalue weighted by molar-refractivity contribution is -0.117. The molecule has 0 bridgehead atoms. The number of aromatic nitrogens is 2. The maximum absolute atomic E-state index is 11.8. The van der Waals surface area contributed by atoms with Gasteiger partial charge in [0.05, 0.1) is 11.1 Å². The number of hydrogen-bond donors (Lipinski definition) is 1. The van der Waals surface area contributed by atoms with Crippen molar-refractivity contribution in [3.05, 3.63) is 35.4 Å². The summed E-state index contributed by atoms with van der Waals surface area (Å²) in [6, 6.07) is 9.28. The van der Waals surface area contributed by atoms with E-state index in [1.165, 1.54) is 0 Å². The number of carbonyl (C=O) groups excluding carboxylic acids is 1. The Labute approximate surface area is 120 Å². The molecule has 1 aliphatic rings. The third kappa shape index (κ3) is 2.46. The van der Waals surface area contributed by atoms with Gasteiger partial charge in [-0.1, -0.05) is 23.7 Å². The SMILES string of the molecule is O=C1CC(Cl)CN1c1cc(-c2cccc(Cl)c2)[nH]n1. The molecule has 1 unspecified atom stereocenters. The third-order valence-electron chi connectivity index (χ3n) is 3.05. The van der Waals surface area contributed by atoms with Gasteiger partial charge in [0.1, 0.15) is 0 Å². The Hall–Kier alpha value is -1.52. The number of anilines is 1. The number of rotatable bonds is 2. The van der Waals surface area contributed by atoms with E-state index in [9.17, 15) is 4.79 Å². The average Bonchev–Trinajstić information content (AvgIpc) is 2.96. The minimum Gasteiger partial charge on any atom is -0.294 e. The summed E-state index contributed by atoms with van der Waals surface area (Å²) < 4.78 is 0. The molecule has 0 spiro atoms. The lowest BCUT2D eigenvalue weighted by atomic mass is 10.1. The number of carbonyl (C=O) groups is 1. The van der Waals surface area contributed by atoms with E-state index in [1.54, 1.807) is 4.90 Å². The van der Waals surface area contributed by atoms with Crippen LogP contribution in [-0.4, -0.2) is 28.0 Å².